The molecule has 4 aromatic rings. The molecule has 198 valence electrons. The van der Waals surface area contributed by atoms with Gasteiger partial charge in [0.1, 0.15) is 17.9 Å². The first kappa shape index (κ1) is 26.0. The molecule has 2 heterocycles. The van der Waals surface area contributed by atoms with Gasteiger partial charge in [0.05, 0.1) is 11.3 Å². The van der Waals surface area contributed by atoms with Crippen LogP contribution in [-0.4, -0.2) is 54.7 Å². The Morgan fingerprint density at radius 2 is 1.71 bits per heavy atom. The lowest BCUT2D eigenvalue weighted by molar-refractivity contribution is 0.238. The summed E-state index contributed by atoms with van der Waals surface area (Å²) in [5.41, 5.74) is 6.20. The molecule has 3 aromatic carbocycles. The summed E-state index contributed by atoms with van der Waals surface area (Å²) < 4.78 is 30.0. The Morgan fingerprint density at radius 3 is 2.39 bits per heavy atom. The van der Waals surface area contributed by atoms with Crippen molar-refractivity contribution < 1.29 is 13.2 Å². The van der Waals surface area contributed by atoms with Gasteiger partial charge in [-0.15, -0.1) is 10.2 Å². The number of anilines is 2. The molecule has 1 aliphatic rings. The van der Waals surface area contributed by atoms with Crippen molar-refractivity contribution in [2.24, 2.45) is 5.14 Å². The fraction of sp³-hybridized carbons (Fsp3) is 0.321. The summed E-state index contributed by atoms with van der Waals surface area (Å²) in [5.74, 6) is 0.696. The maximum absolute atomic E-state index is 12.1. The zero-order valence-corrected chi connectivity index (χ0v) is 22.5. The minimum Gasteiger partial charge on any atom is -0.492 e. The van der Waals surface area contributed by atoms with Crippen LogP contribution >= 0.6 is 0 Å². The molecule has 0 bridgehead atoms. The third kappa shape index (κ3) is 6.27. The lowest BCUT2D eigenvalue weighted by Crippen LogP contribution is -2.25. The molecule has 1 saturated heterocycles. The maximum atomic E-state index is 12.1. The molecular weight excluding hydrogens is 500 g/mol. The highest BCUT2D eigenvalue weighted by Gasteiger charge is 2.17. The molecule has 1 aromatic heterocycles. The van der Waals surface area contributed by atoms with E-state index in [0.717, 1.165) is 53.3 Å². The molecule has 9 nitrogen and oxygen atoms in total. The van der Waals surface area contributed by atoms with Crippen LogP contribution in [0.25, 0.3) is 22.2 Å². The minimum atomic E-state index is -3.80. The predicted molar refractivity (Wildman–Crippen MR) is 150 cm³/mol. The van der Waals surface area contributed by atoms with Crippen molar-refractivity contribution in [3.63, 3.8) is 0 Å². The van der Waals surface area contributed by atoms with Crippen LogP contribution in [0.1, 0.15) is 29.5 Å². The second-order valence-electron chi connectivity index (χ2n) is 9.76. The van der Waals surface area contributed by atoms with Crippen molar-refractivity contribution in [3.05, 3.63) is 71.3 Å². The number of primary sulfonamides is 1. The number of benzene rings is 3. The van der Waals surface area contributed by atoms with E-state index < -0.39 is 10.0 Å². The largest absolute Gasteiger partial charge is 0.492 e. The van der Waals surface area contributed by atoms with E-state index in [9.17, 15) is 8.42 Å². The smallest absolute Gasteiger partial charge is 0.247 e. The second kappa shape index (κ2) is 11.0. The predicted octanol–water partition coefficient (Wildman–Crippen LogP) is 4.32. The van der Waals surface area contributed by atoms with Crippen molar-refractivity contribution >= 4 is 32.7 Å². The van der Waals surface area contributed by atoms with E-state index in [1.807, 2.05) is 68.4 Å². The number of ether oxygens (including phenoxy) is 1. The van der Waals surface area contributed by atoms with Crippen LogP contribution in [0.5, 0.6) is 5.75 Å². The fourth-order valence-corrected chi connectivity index (χ4v) is 5.62. The number of nitrogens with one attached hydrogen (secondary N) is 1. The van der Waals surface area contributed by atoms with Crippen molar-refractivity contribution in [3.8, 4) is 16.9 Å². The van der Waals surface area contributed by atoms with Gasteiger partial charge in [0.25, 0.3) is 0 Å². The van der Waals surface area contributed by atoms with Gasteiger partial charge in [0, 0.05) is 12.2 Å². The summed E-state index contributed by atoms with van der Waals surface area (Å²) in [4.78, 5) is 7.02. The van der Waals surface area contributed by atoms with Gasteiger partial charge in [-0.3, -0.25) is 4.90 Å². The lowest BCUT2D eigenvalue weighted by atomic mass is 9.94. The van der Waals surface area contributed by atoms with Crippen molar-refractivity contribution in [2.75, 3.05) is 31.6 Å². The lowest BCUT2D eigenvalue weighted by Gasteiger charge is -2.15. The number of fused-ring (bicyclic) bond motifs is 1. The molecule has 1 fully saturated rings. The summed E-state index contributed by atoms with van der Waals surface area (Å²) in [6.07, 6.45) is 2.53. The molecule has 0 aliphatic carbocycles. The molecule has 0 spiro atoms. The zero-order chi connectivity index (χ0) is 26.7. The summed E-state index contributed by atoms with van der Waals surface area (Å²) in [7, 11) is -3.80. The van der Waals surface area contributed by atoms with Crippen LogP contribution in [0.15, 0.2) is 54.6 Å². The van der Waals surface area contributed by atoms with E-state index in [1.165, 1.54) is 12.8 Å². The van der Waals surface area contributed by atoms with Crippen molar-refractivity contribution in [1.82, 2.24) is 20.1 Å². The monoisotopic (exact) mass is 532 g/mol. The number of sulfonamides is 1. The number of rotatable bonds is 9. The van der Waals surface area contributed by atoms with Crippen LogP contribution in [0.4, 0.5) is 11.6 Å². The number of nitrogens with two attached hydrogens (primary N) is 1. The Bertz CT molecular complexity index is 1530. The summed E-state index contributed by atoms with van der Waals surface area (Å²) in [6.45, 7) is 7.93. The number of hydrogen-bond acceptors (Lipinski definition) is 8. The number of hydrogen-bond donors (Lipinski definition) is 2. The van der Waals surface area contributed by atoms with Crippen molar-refractivity contribution in [2.45, 2.75) is 32.4 Å². The van der Waals surface area contributed by atoms with Gasteiger partial charge in [-0.25, -0.2) is 18.5 Å². The molecule has 10 heteroatoms. The number of nitrogens with zero attached hydrogens (tertiary/aromatic N) is 4. The fourth-order valence-electron chi connectivity index (χ4n) is 4.97. The van der Waals surface area contributed by atoms with Gasteiger partial charge < -0.3 is 10.1 Å². The first-order valence-electron chi connectivity index (χ1n) is 12.7. The number of aromatic nitrogens is 3. The molecule has 0 amide bonds. The third-order valence-electron chi connectivity index (χ3n) is 6.75. The Kier molecular flexibility index (Phi) is 7.55. The topological polar surface area (TPSA) is 123 Å². The van der Waals surface area contributed by atoms with E-state index in [2.05, 4.69) is 25.4 Å². The molecule has 0 radical (unpaired) electrons. The van der Waals surface area contributed by atoms with E-state index >= 15 is 0 Å². The van der Waals surface area contributed by atoms with E-state index in [0.29, 0.717) is 23.2 Å². The molecule has 0 saturated carbocycles. The highest BCUT2D eigenvalue weighted by Crippen LogP contribution is 2.32. The Morgan fingerprint density at radius 1 is 1.00 bits per heavy atom. The first-order chi connectivity index (χ1) is 18.2. The average molecular weight is 533 g/mol. The van der Waals surface area contributed by atoms with Gasteiger partial charge in [-0.1, -0.05) is 18.2 Å². The second-order valence-corrected chi connectivity index (χ2v) is 11.4. The molecule has 3 N–H and O–H groups in total. The average Bonchev–Trinajstić information content (AvgIpc) is 3.38. The number of aryl methyl sites for hydroxylation is 2. The zero-order valence-electron chi connectivity index (χ0n) is 21.6. The Labute approximate surface area is 223 Å². The number of likely N-dealkylation sites (tertiary alicyclic amines) is 1. The van der Waals surface area contributed by atoms with Crippen molar-refractivity contribution in [1.29, 1.82) is 0 Å². The van der Waals surface area contributed by atoms with Crippen LogP contribution in [-0.2, 0) is 15.8 Å². The Balaban J connectivity index is 1.38. The van der Waals surface area contributed by atoms with Gasteiger partial charge in [0.15, 0.2) is 0 Å². The SMILES string of the molecule is Cc1cccc(C)c1-c1cc(CS(N)(=O)=O)c2nc(Nc3ccc(OCCN4CCCC4)cc3)nnc2c1. The van der Waals surface area contributed by atoms with Gasteiger partial charge >= 0.3 is 0 Å². The van der Waals surface area contributed by atoms with Crippen LogP contribution in [0, 0.1) is 13.8 Å². The minimum absolute atomic E-state index is 0.260. The summed E-state index contributed by atoms with van der Waals surface area (Å²) in [5, 5.41) is 17.2. The first-order valence-corrected chi connectivity index (χ1v) is 14.4. The Hall–Kier alpha value is -3.60. The highest BCUT2D eigenvalue weighted by atomic mass is 32.2. The quantitative estimate of drug-likeness (QED) is 0.327. The molecule has 0 unspecified atom stereocenters. The van der Waals surface area contributed by atoms with Gasteiger partial charge in [-0.2, -0.15) is 0 Å². The van der Waals surface area contributed by atoms with Crippen LogP contribution < -0.4 is 15.2 Å². The highest BCUT2D eigenvalue weighted by molar-refractivity contribution is 7.88. The third-order valence-corrected chi connectivity index (χ3v) is 7.46. The normalized spacial score (nSPS) is 14.2. The molecule has 5 rings (SSSR count). The standard InChI is InChI=1S/C28H32N6O3S/c1-19-6-5-7-20(2)26(19)21-16-22(18-38(29,35)36)27-25(17-21)32-33-28(31-27)30-23-8-10-24(11-9-23)37-15-14-34-12-3-4-13-34/h5-11,16-17H,3-4,12-15,18H2,1-2H3,(H2,29,35,36)(H,30,31,33). The van der Waals surface area contributed by atoms with E-state index in [4.69, 9.17) is 9.88 Å². The molecule has 38 heavy (non-hydrogen) atoms. The summed E-state index contributed by atoms with van der Waals surface area (Å²) in [6, 6.07) is 17.3. The maximum Gasteiger partial charge on any atom is 0.247 e. The van der Waals surface area contributed by atoms with Crippen LogP contribution in [0.3, 0.4) is 0 Å². The van der Waals surface area contributed by atoms with E-state index in [1.54, 1.807) is 0 Å². The molecule has 0 atom stereocenters. The van der Waals surface area contributed by atoms with Gasteiger partial charge in [0.2, 0.25) is 16.0 Å². The van der Waals surface area contributed by atoms with Gasteiger partial charge in [-0.05, 0) is 104 Å². The molecular formula is C28H32N6O3S. The summed E-state index contributed by atoms with van der Waals surface area (Å²) >= 11 is 0. The van der Waals surface area contributed by atoms with E-state index in [-0.39, 0.29) is 11.7 Å². The molecule has 1 aliphatic heterocycles. The van der Waals surface area contributed by atoms with Crippen LogP contribution in [0.2, 0.25) is 0 Å².